The van der Waals surface area contributed by atoms with Crippen LogP contribution >= 0.6 is 0 Å². The molecule has 4 nitrogen and oxygen atoms in total. The fourth-order valence-corrected chi connectivity index (χ4v) is 2.46. The van der Waals surface area contributed by atoms with E-state index in [9.17, 15) is 0 Å². The van der Waals surface area contributed by atoms with E-state index in [1.54, 1.807) is 0 Å². The molecule has 2 rings (SSSR count). The summed E-state index contributed by atoms with van der Waals surface area (Å²) in [5.41, 5.74) is 0. The highest BCUT2D eigenvalue weighted by atomic mass is 15.6. The lowest BCUT2D eigenvalue weighted by Crippen LogP contribution is -2.39. The zero-order chi connectivity index (χ0) is 9.26. The van der Waals surface area contributed by atoms with E-state index in [4.69, 9.17) is 0 Å². The number of nitrogens with one attached hydrogen (secondary N) is 1. The monoisotopic (exact) mass is 182 g/mol. The van der Waals surface area contributed by atoms with Crippen molar-refractivity contribution in [3.05, 3.63) is 0 Å². The molecule has 0 radical (unpaired) electrons. The van der Waals surface area contributed by atoms with Gasteiger partial charge in [-0.2, -0.15) is 5.11 Å². The lowest BCUT2D eigenvalue weighted by atomic mass is 9.83. The van der Waals surface area contributed by atoms with Crippen LogP contribution in [0.4, 0.5) is 0 Å². The number of rotatable bonds is 2. The molecule has 0 spiro atoms. The Labute approximate surface area is 79.4 Å². The fraction of sp³-hybridized carbons (Fsp3) is 1.00. The van der Waals surface area contributed by atoms with Crippen molar-refractivity contribution in [1.82, 2.24) is 10.3 Å². The van der Waals surface area contributed by atoms with Gasteiger partial charge in [-0.3, -0.25) is 5.01 Å². The summed E-state index contributed by atoms with van der Waals surface area (Å²) >= 11 is 0. The molecular formula is C9H18N4. The first kappa shape index (κ1) is 8.94. The molecule has 1 N–H and O–H groups in total. The summed E-state index contributed by atoms with van der Waals surface area (Å²) in [7, 11) is 4.06. The van der Waals surface area contributed by atoms with Crippen LogP contribution in [0.2, 0.25) is 0 Å². The summed E-state index contributed by atoms with van der Waals surface area (Å²) in [6.07, 6.45) is 3.78. The van der Waals surface area contributed by atoms with Gasteiger partial charge in [-0.1, -0.05) is 5.22 Å². The minimum atomic E-state index is 0.470. The topological polar surface area (TPSA) is 40.0 Å². The van der Waals surface area contributed by atoms with Crippen molar-refractivity contribution in [3.8, 4) is 0 Å². The molecule has 3 atom stereocenters. The van der Waals surface area contributed by atoms with Gasteiger partial charge in [0.15, 0.2) is 0 Å². The molecule has 2 aliphatic rings. The van der Waals surface area contributed by atoms with Gasteiger partial charge in [-0.25, -0.2) is 0 Å². The predicted molar refractivity (Wildman–Crippen MR) is 51.5 cm³/mol. The van der Waals surface area contributed by atoms with Crippen molar-refractivity contribution in [2.45, 2.75) is 31.3 Å². The first-order chi connectivity index (χ1) is 6.31. The second kappa shape index (κ2) is 3.62. The molecule has 0 aromatic rings. The maximum absolute atomic E-state index is 4.29. The largest absolute Gasteiger partial charge is 0.319 e. The molecule has 0 bridgehead atoms. The smallest absolute Gasteiger partial charge is 0.0952 e. The van der Waals surface area contributed by atoms with Gasteiger partial charge in [0.25, 0.3) is 0 Å². The van der Waals surface area contributed by atoms with E-state index in [1.165, 1.54) is 19.3 Å². The van der Waals surface area contributed by atoms with E-state index in [0.717, 1.165) is 12.5 Å². The number of fused-ring (bicyclic) bond motifs is 1. The van der Waals surface area contributed by atoms with E-state index in [2.05, 4.69) is 15.7 Å². The van der Waals surface area contributed by atoms with Gasteiger partial charge in [0.2, 0.25) is 0 Å². The van der Waals surface area contributed by atoms with Crippen LogP contribution < -0.4 is 5.32 Å². The SMILES string of the molecule is CNCC1CCC2C(C1)N=NN2C. The molecule has 1 heterocycles. The van der Waals surface area contributed by atoms with Gasteiger partial charge in [0.05, 0.1) is 12.1 Å². The van der Waals surface area contributed by atoms with E-state index in [-0.39, 0.29) is 0 Å². The summed E-state index contributed by atoms with van der Waals surface area (Å²) in [6.45, 7) is 1.13. The minimum Gasteiger partial charge on any atom is -0.319 e. The Bertz CT molecular complexity index is 204. The Morgan fingerprint density at radius 3 is 3.08 bits per heavy atom. The molecule has 0 aromatic carbocycles. The van der Waals surface area contributed by atoms with Gasteiger partial charge >= 0.3 is 0 Å². The van der Waals surface area contributed by atoms with E-state index >= 15 is 0 Å². The summed E-state index contributed by atoms with van der Waals surface area (Å²) < 4.78 is 0. The molecule has 0 saturated heterocycles. The van der Waals surface area contributed by atoms with E-state index in [0.29, 0.717) is 12.1 Å². The minimum absolute atomic E-state index is 0.470. The molecule has 1 saturated carbocycles. The molecule has 4 heteroatoms. The van der Waals surface area contributed by atoms with Crippen molar-refractivity contribution in [2.75, 3.05) is 20.6 Å². The molecule has 13 heavy (non-hydrogen) atoms. The average Bonchev–Trinajstić information content (AvgIpc) is 2.48. The summed E-state index contributed by atoms with van der Waals surface area (Å²) in [5, 5.41) is 13.7. The molecule has 3 unspecified atom stereocenters. The van der Waals surface area contributed by atoms with E-state index in [1.807, 2.05) is 19.1 Å². The lowest BCUT2D eigenvalue weighted by Gasteiger charge is -2.31. The first-order valence-corrected chi connectivity index (χ1v) is 5.09. The second-order valence-corrected chi connectivity index (χ2v) is 4.15. The normalized spacial score (nSPS) is 38.0. The number of nitrogens with zero attached hydrogens (tertiary/aromatic N) is 3. The van der Waals surface area contributed by atoms with Crippen LogP contribution in [0.1, 0.15) is 19.3 Å². The Hall–Kier alpha value is -0.640. The number of hydrogen-bond donors (Lipinski definition) is 1. The van der Waals surface area contributed by atoms with Crippen molar-refractivity contribution in [3.63, 3.8) is 0 Å². The van der Waals surface area contributed by atoms with Crippen LogP contribution in [0.5, 0.6) is 0 Å². The molecule has 1 fully saturated rings. The molecular weight excluding hydrogens is 164 g/mol. The van der Waals surface area contributed by atoms with Crippen molar-refractivity contribution in [1.29, 1.82) is 0 Å². The van der Waals surface area contributed by atoms with Crippen LogP contribution in [0.25, 0.3) is 0 Å². The van der Waals surface area contributed by atoms with Crippen LogP contribution in [-0.2, 0) is 0 Å². The maximum atomic E-state index is 4.29. The standard InChI is InChI=1S/C9H18N4/c1-10-6-7-3-4-9-8(5-7)11-12-13(9)2/h7-10H,3-6H2,1-2H3. The van der Waals surface area contributed by atoms with Crippen molar-refractivity contribution >= 4 is 0 Å². The van der Waals surface area contributed by atoms with E-state index < -0.39 is 0 Å². The van der Waals surface area contributed by atoms with Gasteiger partial charge in [0.1, 0.15) is 0 Å². The van der Waals surface area contributed by atoms with Gasteiger partial charge < -0.3 is 5.32 Å². The third-order valence-electron chi connectivity index (χ3n) is 3.20. The van der Waals surface area contributed by atoms with Crippen molar-refractivity contribution < 1.29 is 0 Å². The zero-order valence-electron chi connectivity index (χ0n) is 8.40. The van der Waals surface area contributed by atoms with Crippen LogP contribution in [0.15, 0.2) is 10.3 Å². The molecule has 1 aliphatic carbocycles. The third-order valence-corrected chi connectivity index (χ3v) is 3.20. The third kappa shape index (κ3) is 1.68. The van der Waals surface area contributed by atoms with Crippen LogP contribution in [0.3, 0.4) is 0 Å². The molecule has 0 amide bonds. The first-order valence-electron chi connectivity index (χ1n) is 5.09. The maximum Gasteiger partial charge on any atom is 0.0952 e. The molecule has 74 valence electrons. The van der Waals surface area contributed by atoms with Gasteiger partial charge in [-0.05, 0) is 38.8 Å². The lowest BCUT2D eigenvalue weighted by molar-refractivity contribution is 0.189. The highest BCUT2D eigenvalue weighted by Gasteiger charge is 2.36. The summed E-state index contributed by atoms with van der Waals surface area (Å²) in [5.74, 6) is 0.802. The second-order valence-electron chi connectivity index (χ2n) is 4.15. The van der Waals surface area contributed by atoms with Crippen molar-refractivity contribution in [2.24, 2.45) is 16.3 Å². The Kier molecular flexibility index (Phi) is 2.49. The Morgan fingerprint density at radius 1 is 1.46 bits per heavy atom. The van der Waals surface area contributed by atoms with Gasteiger partial charge in [-0.15, -0.1) is 0 Å². The number of likely N-dealkylation sites (N-methyl/N-ethyl adjacent to an activating group) is 1. The zero-order valence-corrected chi connectivity index (χ0v) is 8.40. The molecule has 1 aliphatic heterocycles. The summed E-state index contributed by atoms with van der Waals surface area (Å²) in [4.78, 5) is 0. The fourth-order valence-electron chi connectivity index (χ4n) is 2.46. The quantitative estimate of drug-likeness (QED) is 0.693. The number of hydrogen-bond acceptors (Lipinski definition) is 4. The van der Waals surface area contributed by atoms with Gasteiger partial charge in [0, 0.05) is 7.05 Å². The Morgan fingerprint density at radius 2 is 2.31 bits per heavy atom. The summed E-state index contributed by atoms with van der Waals surface area (Å²) in [6, 6.07) is 1.06. The Balaban J connectivity index is 1.91. The highest BCUT2D eigenvalue weighted by molar-refractivity contribution is 4.91. The van der Waals surface area contributed by atoms with Crippen LogP contribution in [-0.4, -0.2) is 37.7 Å². The average molecular weight is 182 g/mol. The van der Waals surface area contributed by atoms with Crippen LogP contribution in [0, 0.1) is 5.92 Å². The predicted octanol–water partition coefficient (Wildman–Crippen LogP) is 1.06. The highest BCUT2D eigenvalue weighted by Crippen LogP contribution is 2.32. The molecule has 0 aromatic heterocycles.